The summed E-state index contributed by atoms with van der Waals surface area (Å²) >= 11 is 1.59. The van der Waals surface area contributed by atoms with E-state index in [2.05, 4.69) is 41.5 Å². The molecule has 19 heteroatoms. The molecule has 1 aliphatic carbocycles. The van der Waals surface area contributed by atoms with Crippen LogP contribution in [0.25, 0.3) is 10.4 Å². The Kier molecular flexibility index (Phi) is 17.4. The second kappa shape index (κ2) is 23.6. The number of amides is 5. The molecule has 0 spiro atoms. The molecular weight excluding hydrogens is 911 g/mol. The van der Waals surface area contributed by atoms with Crippen molar-refractivity contribution in [1.82, 2.24) is 41.1 Å². The number of nitrogens with zero attached hydrogens (tertiary/aromatic N) is 6. The number of nitrogens with one attached hydrogen (secondary N) is 5. The molecule has 5 N–H and O–H groups in total. The van der Waals surface area contributed by atoms with E-state index >= 15 is 0 Å². The molecule has 4 aromatic rings. The minimum absolute atomic E-state index is 0.0523. The number of rotatable bonds is 21. The van der Waals surface area contributed by atoms with E-state index < -0.39 is 17.5 Å². The van der Waals surface area contributed by atoms with Crippen molar-refractivity contribution in [2.24, 2.45) is 5.41 Å². The maximum atomic E-state index is 14.0. The van der Waals surface area contributed by atoms with E-state index in [1.54, 1.807) is 52.6 Å². The van der Waals surface area contributed by atoms with E-state index in [4.69, 9.17) is 14.5 Å². The Morgan fingerprint density at radius 3 is 2.40 bits per heavy atom. The molecule has 2 aromatic heterocycles. The van der Waals surface area contributed by atoms with E-state index in [9.17, 15) is 24.0 Å². The van der Waals surface area contributed by atoms with Gasteiger partial charge in [0.05, 0.1) is 48.3 Å². The zero-order valence-corrected chi connectivity index (χ0v) is 42.4. The molecular formula is C51H69N11O7S. The molecule has 5 amide bonds. The van der Waals surface area contributed by atoms with Gasteiger partial charge in [0.25, 0.3) is 5.91 Å². The summed E-state index contributed by atoms with van der Waals surface area (Å²) in [5.41, 5.74) is 5.94. The largest absolute Gasteiger partial charge is 0.495 e. The Labute approximate surface area is 415 Å². The lowest BCUT2D eigenvalue weighted by atomic mass is 9.85. The van der Waals surface area contributed by atoms with Gasteiger partial charge in [-0.15, -0.1) is 11.3 Å². The van der Waals surface area contributed by atoms with E-state index in [-0.39, 0.29) is 61.2 Å². The lowest BCUT2D eigenvalue weighted by Gasteiger charge is -2.43. The van der Waals surface area contributed by atoms with Crippen LogP contribution in [0.2, 0.25) is 0 Å². The molecule has 0 bridgehead atoms. The molecule has 376 valence electrons. The van der Waals surface area contributed by atoms with E-state index in [1.165, 1.54) is 7.11 Å². The second-order valence-corrected chi connectivity index (χ2v) is 20.1. The molecule has 3 atom stereocenters. The molecule has 1 saturated heterocycles. The number of hydrogen-bond acceptors (Lipinski definition) is 14. The quantitative estimate of drug-likeness (QED) is 0.0633. The van der Waals surface area contributed by atoms with Crippen molar-refractivity contribution in [2.45, 2.75) is 117 Å². The van der Waals surface area contributed by atoms with Crippen molar-refractivity contribution in [3.05, 3.63) is 71.0 Å². The minimum atomic E-state index is -0.807. The maximum Gasteiger partial charge on any atom is 0.251 e. The van der Waals surface area contributed by atoms with Crippen LogP contribution in [-0.4, -0.2) is 127 Å². The van der Waals surface area contributed by atoms with Crippen LogP contribution < -0.4 is 41.1 Å². The summed E-state index contributed by atoms with van der Waals surface area (Å²) in [6, 6.07) is 11.7. The van der Waals surface area contributed by atoms with Gasteiger partial charge in [-0.1, -0.05) is 64.8 Å². The summed E-state index contributed by atoms with van der Waals surface area (Å²) in [5, 5.41) is 15.3. The highest BCUT2D eigenvalue weighted by Gasteiger charge is 2.43. The number of fused-ring (bicyclic) bond motifs is 1. The third-order valence-corrected chi connectivity index (χ3v) is 14.3. The topological polar surface area (TPSA) is 212 Å². The SMILES string of the molecule is CC[C@@H]1C(=O)N(C)c2cnc(Nc3ccc(C(=O)NCCOCCNCCC(=O)NC(C(=O)N4CCC[C@H]4C(=O)NCc4ccc(-c5scnc5C)cc4)C(C)(C)C)cc3OC)nc2N1C1CCCC1. The fourth-order valence-corrected chi connectivity index (χ4v) is 10.2. The molecule has 1 saturated carbocycles. The number of carbonyl (C=O) groups is 5. The van der Waals surface area contributed by atoms with Crippen LogP contribution in [0, 0.1) is 12.3 Å². The molecule has 0 radical (unpaired) electrons. The van der Waals surface area contributed by atoms with Crippen LogP contribution >= 0.6 is 11.3 Å². The number of aromatic nitrogens is 3. The average Bonchev–Trinajstić information content (AvgIpc) is 4.16. The lowest BCUT2D eigenvalue weighted by Crippen LogP contribution is -2.57. The fraction of sp³-hybridized carbons (Fsp3) is 0.529. The highest BCUT2D eigenvalue weighted by molar-refractivity contribution is 7.13. The van der Waals surface area contributed by atoms with Gasteiger partial charge in [0.15, 0.2) is 5.82 Å². The molecule has 2 fully saturated rings. The van der Waals surface area contributed by atoms with Gasteiger partial charge in [-0.2, -0.15) is 4.98 Å². The predicted molar refractivity (Wildman–Crippen MR) is 271 cm³/mol. The summed E-state index contributed by atoms with van der Waals surface area (Å²) in [5.74, 6) is 0.571. The Morgan fingerprint density at radius 1 is 0.943 bits per heavy atom. The van der Waals surface area contributed by atoms with E-state index in [0.717, 1.165) is 53.2 Å². The average molecular weight is 980 g/mol. The number of carbonyl (C=O) groups excluding carboxylic acids is 5. The van der Waals surface area contributed by atoms with Gasteiger partial charge in [0, 0.05) is 57.8 Å². The number of hydrogen-bond donors (Lipinski definition) is 5. The minimum Gasteiger partial charge on any atom is -0.495 e. The van der Waals surface area contributed by atoms with Gasteiger partial charge in [0.1, 0.15) is 29.6 Å². The normalized spacial score (nSPS) is 17.6. The zero-order chi connectivity index (χ0) is 50.0. The molecule has 70 heavy (non-hydrogen) atoms. The number of anilines is 4. The van der Waals surface area contributed by atoms with Crippen molar-refractivity contribution >= 4 is 64.0 Å². The first-order valence-electron chi connectivity index (χ1n) is 24.5. The van der Waals surface area contributed by atoms with Crippen molar-refractivity contribution in [2.75, 3.05) is 68.7 Å². The maximum absolute atomic E-state index is 14.0. The first-order valence-corrected chi connectivity index (χ1v) is 25.4. The number of aryl methyl sites for hydroxylation is 1. The third-order valence-electron chi connectivity index (χ3n) is 13.3. The Balaban J connectivity index is 0.802. The summed E-state index contributed by atoms with van der Waals surface area (Å²) in [4.78, 5) is 87.3. The first-order chi connectivity index (χ1) is 33.7. The Bertz CT molecular complexity index is 2470. The third kappa shape index (κ3) is 12.4. The molecule has 4 heterocycles. The number of thiazole rings is 1. The standard InChI is InChI=1S/C51H69N11O7S/c1-8-38-48(66)60(6)40-30-55-50(59-45(40)62(38)36-12-9-10-13-36)57-37-20-19-35(28-41(37)68-7)46(64)53-24-27-69-26-23-52-22-21-42(63)58-44(51(3,4)5)49(67)61-25-11-14-39(61)47(65)54-29-33-15-17-34(18-16-33)43-32(2)56-31-70-43/h15-20,28,30-31,36,38-39,44,52H,8-14,21-27,29H2,1-7H3,(H,53,64)(H,54,65)(H,58,63)(H,55,57,59)/t38-,39+,44?/m1/s1. The van der Waals surface area contributed by atoms with Crippen molar-refractivity contribution in [3.8, 4) is 16.2 Å². The number of likely N-dealkylation sites (N-methyl/N-ethyl adjacent to an activating group) is 1. The molecule has 7 rings (SSSR count). The van der Waals surface area contributed by atoms with Gasteiger partial charge < -0.3 is 50.8 Å². The number of ether oxygens (including phenoxy) is 2. The molecule has 2 aliphatic heterocycles. The van der Waals surface area contributed by atoms with Crippen LogP contribution in [0.1, 0.15) is 101 Å². The predicted octanol–water partition coefficient (Wildman–Crippen LogP) is 5.73. The van der Waals surface area contributed by atoms with Crippen LogP contribution in [-0.2, 0) is 30.5 Å². The molecule has 2 aromatic carbocycles. The number of likely N-dealkylation sites (tertiary alicyclic amines) is 1. The zero-order valence-electron chi connectivity index (χ0n) is 41.6. The van der Waals surface area contributed by atoms with Crippen molar-refractivity contribution in [3.63, 3.8) is 0 Å². The van der Waals surface area contributed by atoms with Crippen LogP contribution in [0.15, 0.2) is 54.2 Å². The molecule has 1 unspecified atom stereocenters. The number of methoxy groups -OCH3 is 1. The van der Waals surface area contributed by atoms with Gasteiger partial charge in [-0.25, -0.2) is 9.97 Å². The van der Waals surface area contributed by atoms with Gasteiger partial charge in [-0.05, 0) is 73.8 Å². The van der Waals surface area contributed by atoms with E-state index in [1.807, 2.05) is 64.4 Å². The summed E-state index contributed by atoms with van der Waals surface area (Å²) in [7, 11) is 3.30. The lowest BCUT2D eigenvalue weighted by molar-refractivity contribution is -0.143. The molecule has 18 nitrogen and oxygen atoms in total. The van der Waals surface area contributed by atoms with E-state index in [0.29, 0.717) is 80.7 Å². The van der Waals surface area contributed by atoms with Gasteiger partial charge >= 0.3 is 0 Å². The fourth-order valence-electron chi connectivity index (χ4n) is 9.42. The van der Waals surface area contributed by atoms with Crippen LogP contribution in [0.5, 0.6) is 5.75 Å². The second-order valence-electron chi connectivity index (χ2n) is 19.2. The van der Waals surface area contributed by atoms with Crippen LogP contribution in [0.3, 0.4) is 0 Å². The summed E-state index contributed by atoms with van der Waals surface area (Å²) in [6.45, 7) is 12.3. The van der Waals surface area contributed by atoms with Crippen molar-refractivity contribution in [1.29, 1.82) is 0 Å². The van der Waals surface area contributed by atoms with Gasteiger partial charge in [-0.3, -0.25) is 24.0 Å². The Morgan fingerprint density at radius 2 is 1.70 bits per heavy atom. The van der Waals surface area contributed by atoms with Crippen LogP contribution in [0.4, 0.5) is 23.1 Å². The highest BCUT2D eigenvalue weighted by Crippen LogP contribution is 2.40. The van der Waals surface area contributed by atoms with Gasteiger partial charge in [0.2, 0.25) is 29.6 Å². The number of benzene rings is 2. The summed E-state index contributed by atoms with van der Waals surface area (Å²) in [6.07, 6.45) is 8.07. The smallest absolute Gasteiger partial charge is 0.251 e. The summed E-state index contributed by atoms with van der Waals surface area (Å²) < 4.78 is 11.4. The Hall–Kier alpha value is -6.18. The first kappa shape index (κ1) is 51.7. The molecule has 3 aliphatic rings. The highest BCUT2D eigenvalue weighted by atomic mass is 32.1. The van der Waals surface area contributed by atoms with Crippen molar-refractivity contribution < 1.29 is 33.4 Å². The monoisotopic (exact) mass is 980 g/mol.